The molecule has 6 rings (SSSR count). The van der Waals surface area contributed by atoms with Gasteiger partial charge in [0.05, 0.1) is 48.2 Å². The Bertz CT molecular complexity index is 1350. The third-order valence-corrected chi connectivity index (χ3v) is 10.5. The molecule has 0 unspecified atom stereocenters. The number of hydrogen-bond acceptors (Lipinski definition) is 10. The molecule has 2 aromatic rings. The van der Waals surface area contributed by atoms with Crippen LogP contribution in [0, 0.1) is 35.5 Å². The normalized spacial score (nSPS) is 30.1. The maximum absolute atomic E-state index is 12.4. The van der Waals surface area contributed by atoms with E-state index in [4.69, 9.17) is 30.4 Å². The van der Waals surface area contributed by atoms with Crippen LogP contribution < -0.4 is 11.5 Å². The smallest absolute Gasteiger partial charge is 0.306 e. The van der Waals surface area contributed by atoms with Crippen molar-refractivity contribution in [1.29, 1.82) is 0 Å². The molecule has 2 aliphatic carbocycles. The third-order valence-electron chi connectivity index (χ3n) is 10.5. The number of carbonyl (C=O) groups is 2. The number of ether oxygens (including phenoxy) is 4. The lowest BCUT2D eigenvalue weighted by Crippen LogP contribution is -2.39. The van der Waals surface area contributed by atoms with Gasteiger partial charge in [-0.2, -0.15) is 0 Å². The molecule has 0 radical (unpaired) electrons. The average molecular weight is 693 g/mol. The minimum atomic E-state index is -0.448. The van der Waals surface area contributed by atoms with Gasteiger partial charge in [-0.1, -0.05) is 13.8 Å². The Morgan fingerprint density at radius 3 is 1.36 bits per heavy atom. The Kier molecular flexibility index (Phi) is 11.8. The molecule has 2 saturated carbocycles. The molecule has 10 nitrogen and oxygen atoms in total. The first-order valence-corrected chi connectivity index (χ1v) is 18.6. The number of pyridine rings is 2. The minimum absolute atomic E-state index is 0.0720. The van der Waals surface area contributed by atoms with Crippen molar-refractivity contribution in [3.8, 4) is 0 Å². The quantitative estimate of drug-likeness (QED) is 0.263. The molecule has 0 spiro atoms. The summed E-state index contributed by atoms with van der Waals surface area (Å²) in [6, 6.07) is 3.87. The lowest BCUT2D eigenvalue weighted by molar-refractivity contribution is -0.163. The van der Waals surface area contributed by atoms with E-state index in [1.54, 1.807) is 24.8 Å². The van der Waals surface area contributed by atoms with E-state index in [9.17, 15) is 9.59 Å². The summed E-state index contributed by atoms with van der Waals surface area (Å²) in [7, 11) is 0. The van der Waals surface area contributed by atoms with Gasteiger partial charge in [-0.3, -0.25) is 19.6 Å². The molecule has 0 amide bonds. The SMILES string of the molecule is C[C@@H]1[C@@H](CC(=O)OC(C)(C)C)C[C@@H](c2ccncc2N)O[C@H]1C1CC1.C[C@H]1[C@H](CC(=O)OC(C)(C)C)C[C@H](c2ccncc2N)O[C@@H]1C1CC1. The first-order valence-electron chi connectivity index (χ1n) is 18.6. The standard InChI is InChI=1S/2C20H30N2O3/c2*1-12-14(10-18(23)25-20(2,3)4)9-17(24-19(12)13-5-6-13)15-7-8-22-11-16(15)21/h2*7-8,11-14,17,19H,5-6,9-10,21H2,1-4H3/t2*12-,14-,17+,19-/m10/s1. The van der Waals surface area contributed by atoms with E-state index in [1.165, 1.54) is 25.7 Å². The van der Waals surface area contributed by atoms with Crippen LogP contribution in [-0.2, 0) is 28.5 Å². The van der Waals surface area contributed by atoms with Gasteiger partial charge in [0.25, 0.3) is 0 Å². The second-order valence-corrected chi connectivity index (χ2v) is 17.2. The second-order valence-electron chi connectivity index (χ2n) is 17.2. The molecule has 0 bridgehead atoms. The monoisotopic (exact) mass is 692 g/mol. The minimum Gasteiger partial charge on any atom is -0.460 e. The van der Waals surface area contributed by atoms with E-state index in [1.807, 2.05) is 53.7 Å². The summed E-state index contributed by atoms with van der Waals surface area (Å²) in [4.78, 5) is 32.9. The Labute approximate surface area is 298 Å². The number of hydrogen-bond donors (Lipinski definition) is 2. The molecule has 2 aromatic heterocycles. The molecule has 4 aliphatic rings. The predicted molar refractivity (Wildman–Crippen MR) is 193 cm³/mol. The van der Waals surface area contributed by atoms with Gasteiger partial charge in [0.15, 0.2) is 0 Å². The Morgan fingerprint density at radius 1 is 0.700 bits per heavy atom. The summed E-state index contributed by atoms with van der Waals surface area (Å²) in [6.07, 6.45) is 14.4. The van der Waals surface area contributed by atoms with E-state index in [0.29, 0.717) is 47.9 Å². The first-order chi connectivity index (χ1) is 23.5. The van der Waals surface area contributed by atoms with Gasteiger partial charge in [-0.05, 0) is 128 Å². The van der Waals surface area contributed by atoms with Gasteiger partial charge in [0.2, 0.25) is 0 Å². The molecular formula is C40H60N4O6. The molecule has 276 valence electrons. The second kappa shape index (κ2) is 15.6. The fourth-order valence-corrected chi connectivity index (χ4v) is 7.74. The molecule has 4 heterocycles. The van der Waals surface area contributed by atoms with Crippen LogP contribution in [0.15, 0.2) is 36.9 Å². The van der Waals surface area contributed by atoms with Crippen molar-refractivity contribution in [2.24, 2.45) is 35.5 Å². The largest absolute Gasteiger partial charge is 0.460 e. The van der Waals surface area contributed by atoms with Crippen molar-refractivity contribution in [2.45, 2.75) is 142 Å². The molecule has 10 heteroatoms. The predicted octanol–water partition coefficient (Wildman–Crippen LogP) is 7.78. The summed E-state index contributed by atoms with van der Waals surface area (Å²) in [6.45, 7) is 15.9. The van der Waals surface area contributed by atoms with Crippen molar-refractivity contribution >= 4 is 23.3 Å². The number of nitrogen functional groups attached to an aromatic ring is 2. The molecule has 4 N–H and O–H groups in total. The highest BCUT2D eigenvalue weighted by molar-refractivity contribution is 5.70. The van der Waals surface area contributed by atoms with E-state index in [2.05, 4.69) is 23.8 Å². The van der Waals surface area contributed by atoms with Gasteiger partial charge < -0.3 is 30.4 Å². The molecular weight excluding hydrogens is 632 g/mol. The molecule has 2 aliphatic heterocycles. The maximum Gasteiger partial charge on any atom is 0.306 e. The third kappa shape index (κ3) is 10.4. The number of nitrogens with two attached hydrogens (primary N) is 2. The highest BCUT2D eigenvalue weighted by Gasteiger charge is 2.46. The summed E-state index contributed by atoms with van der Waals surface area (Å²) in [5.41, 5.74) is 14.6. The average Bonchev–Trinajstić information content (AvgIpc) is 3.93. The zero-order valence-corrected chi connectivity index (χ0v) is 31.4. The highest BCUT2D eigenvalue weighted by atomic mass is 16.6. The highest BCUT2D eigenvalue weighted by Crippen LogP contribution is 2.50. The van der Waals surface area contributed by atoms with Crippen LogP contribution in [0.3, 0.4) is 0 Å². The van der Waals surface area contributed by atoms with E-state index in [-0.39, 0.29) is 48.2 Å². The van der Waals surface area contributed by atoms with Gasteiger partial charge in [-0.15, -0.1) is 0 Å². The van der Waals surface area contributed by atoms with E-state index < -0.39 is 11.2 Å². The first kappa shape index (κ1) is 38.0. The zero-order chi connectivity index (χ0) is 36.4. The molecule has 8 atom stereocenters. The Hall–Kier alpha value is -3.24. The Morgan fingerprint density at radius 2 is 1.06 bits per heavy atom. The van der Waals surface area contributed by atoms with Crippen LogP contribution in [-0.4, -0.2) is 45.3 Å². The number of anilines is 2. The summed E-state index contributed by atoms with van der Waals surface area (Å²) < 4.78 is 24.0. The zero-order valence-electron chi connectivity index (χ0n) is 31.4. The topological polar surface area (TPSA) is 149 Å². The number of aromatic nitrogens is 2. The van der Waals surface area contributed by atoms with Crippen LogP contribution in [0.25, 0.3) is 0 Å². The summed E-state index contributed by atoms with van der Waals surface area (Å²) in [5, 5.41) is 0. The molecule has 50 heavy (non-hydrogen) atoms. The van der Waals surface area contributed by atoms with Gasteiger partial charge in [-0.25, -0.2) is 0 Å². The summed E-state index contributed by atoms with van der Waals surface area (Å²) in [5.74, 6) is 2.16. The van der Waals surface area contributed by atoms with Crippen LogP contribution >= 0.6 is 0 Å². The number of rotatable bonds is 8. The molecule has 4 fully saturated rings. The Balaban J connectivity index is 0.000000194. The van der Waals surface area contributed by atoms with Crippen molar-refractivity contribution < 1.29 is 28.5 Å². The van der Waals surface area contributed by atoms with E-state index >= 15 is 0 Å². The van der Waals surface area contributed by atoms with Crippen molar-refractivity contribution in [3.05, 3.63) is 48.0 Å². The van der Waals surface area contributed by atoms with Crippen LogP contribution in [0.4, 0.5) is 11.4 Å². The molecule has 0 aromatic carbocycles. The van der Waals surface area contributed by atoms with Crippen molar-refractivity contribution in [1.82, 2.24) is 9.97 Å². The van der Waals surface area contributed by atoms with Crippen molar-refractivity contribution in [2.75, 3.05) is 11.5 Å². The number of nitrogens with zero attached hydrogens (tertiary/aromatic N) is 2. The lowest BCUT2D eigenvalue weighted by atomic mass is 9.77. The van der Waals surface area contributed by atoms with Crippen LogP contribution in [0.5, 0.6) is 0 Å². The fraction of sp³-hybridized carbons (Fsp3) is 0.700. The number of carbonyl (C=O) groups excluding carboxylic acids is 2. The van der Waals surface area contributed by atoms with Crippen LogP contribution in [0.1, 0.15) is 130 Å². The van der Waals surface area contributed by atoms with Gasteiger partial charge >= 0.3 is 11.9 Å². The molecule has 2 saturated heterocycles. The van der Waals surface area contributed by atoms with Gasteiger partial charge in [0.1, 0.15) is 11.2 Å². The lowest BCUT2D eigenvalue weighted by Gasteiger charge is -2.41. The fourth-order valence-electron chi connectivity index (χ4n) is 7.74. The maximum atomic E-state index is 12.4. The van der Waals surface area contributed by atoms with E-state index in [0.717, 1.165) is 24.0 Å². The summed E-state index contributed by atoms with van der Waals surface area (Å²) >= 11 is 0. The van der Waals surface area contributed by atoms with Crippen molar-refractivity contribution in [3.63, 3.8) is 0 Å². The number of esters is 2. The van der Waals surface area contributed by atoms with Crippen LogP contribution in [0.2, 0.25) is 0 Å². The van der Waals surface area contributed by atoms with Gasteiger partial charge in [0, 0.05) is 36.4 Å².